The van der Waals surface area contributed by atoms with E-state index in [1.165, 1.54) is 4.88 Å². The molecule has 1 heterocycles. The fourth-order valence-corrected chi connectivity index (χ4v) is 2.82. The van der Waals surface area contributed by atoms with Gasteiger partial charge in [-0.15, -0.1) is 11.3 Å². The molecule has 0 bridgehead atoms. The fraction of sp³-hybridized carbons (Fsp3) is 0.357. The molecule has 96 valence electrons. The summed E-state index contributed by atoms with van der Waals surface area (Å²) in [5.74, 6) is 0.890. The third-order valence-electron chi connectivity index (χ3n) is 2.63. The molecule has 0 fully saturated rings. The Labute approximate surface area is 112 Å². The highest BCUT2D eigenvalue weighted by Crippen LogP contribution is 2.31. The van der Waals surface area contributed by atoms with E-state index < -0.39 is 0 Å². The lowest BCUT2D eigenvalue weighted by atomic mass is 10.1. The number of aromatic nitrogens is 1. The van der Waals surface area contributed by atoms with Crippen molar-refractivity contribution in [3.63, 3.8) is 0 Å². The van der Waals surface area contributed by atoms with Crippen molar-refractivity contribution >= 4 is 16.5 Å². The first-order chi connectivity index (χ1) is 8.74. The highest BCUT2D eigenvalue weighted by atomic mass is 32.1. The molecule has 0 atom stereocenters. The predicted octanol–water partition coefficient (Wildman–Crippen LogP) is 3.74. The van der Waals surface area contributed by atoms with E-state index in [-0.39, 0.29) is 0 Å². The average molecular weight is 262 g/mol. The molecule has 2 rings (SSSR count). The van der Waals surface area contributed by atoms with Gasteiger partial charge < -0.3 is 10.5 Å². The van der Waals surface area contributed by atoms with Gasteiger partial charge in [-0.2, -0.15) is 0 Å². The second-order valence-corrected chi connectivity index (χ2v) is 5.15. The molecular formula is C14H18N2OS. The van der Waals surface area contributed by atoms with E-state index in [2.05, 4.69) is 11.9 Å². The van der Waals surface area contributed by atoms with Crippen molar-refractivity contribution in [1.82, 2.24) is 4.98 Å². The van der Waals surface area contributed by atoms with Crippen LogP contribution < -0.4 is 10.5 Å². The maximum atomic E-state index is 5.81. The van der Waals surface area contributed by atoms with Crippen LogP contribution in [0.4, 0.5) is 5.13 Å². The van der Waals surface area contributed by atoms with Crippen LogP contribution in [0.1, 0.15) is 25.1 Å². The molecule has 2 aromatic rings. The molecule has 0 saturated heterocycles. The van der Waals surface area contributed by atoms with Gasteiger partial charge in [-0.1, -0.05) is 13.3 Å². The van der Waals surface area contributed by atoms with Crippen LogP contribution in [-0.4, -0.2) is 11.6 Å². The Bertz CT molecular complexity index is 505. The zero-order chi connectivity index (χ0) is 13.0. The van der Waals surface area contributed by atoms with Crippen LogP contribution in [-0.2, 0) is 6.42 Å². The first kappa shape index (κ1) is 12.9. The lowest BCUT2D eigenvalue weighted by Gasteiger charge is -2.04. The Kier molecular flexibility index (Phi) is 4.20. The lowest BCUT2D eigenvalue weighted by Crippen LogP contribution is -1.91. The molecule has 3 nitrogen and oxygen atoms in total. The minimum absolute atomic E-state index is 0.641. The molecule has 0 aliphatic carbocycles. The van der Waals surface area contributed by atoms with Gasteiger partial charge in [-0.25, -0.2) is 4.98 Å². The molecule has 0 saturated carbocycles. The first-order valence-electron chi connectivity index (χ1n) is 6.23. The number of nitrogens with two attached hydrogens (primary N) is 1. The number of nitrogens with zero attached hydrogens (tertiary/aromatic N) is 1. The molecule has 1 aromatic carbocycles. The maximum Gasteiger partial charge on any atom is 0.180 e. The monoisotopic (exact) mass is 262 g/mol. The van der Waals surface area contributed by atoms with Crippen LogP contribution in [0.5, 0.6) is 5.75 Å². The van der Waals surface area contributed by atoms with E-state index in [0.717, 1.165) is 29.8 Å². The zero-order valence-electron chi connectivity index (χ0n) is 10.8. The highest BCUT2D eigenvalue weighted by Gasteiger charge is 2.10. The van der Waals surface area contributed by atoms with Crippen LogP contribution in [0.2, 0.25) is 0 Å². The summed E-state index contributed by atoms with van der Waals surface area (Å²) in [6, 6.07) is 8.03. The summed E-state index contributed by atoms with van der Waals surface area (Å²) in [6.45, 7) is 4.83. The Hall–Kier alpha value is -1.55. The first-order valence-corrected chi connectivity index (χ1v) is 7.04. The van der Waals surface area contributed by atoms with Crippen molar-refractivity contribution < 1.29 is 4.74 Å². The number of nitrogen functional groups attached to an aromatic ring is 1. The van der Waals surface area contributed by atoms with E-state index in [1.54, 1.807) is 11.3 Å². The van der Waals surface area contributed by atoms with Crippen molar-refractivity contribution in [1.29, 1.82) is 0 Å². The van der Waals surface area contributed by atoms with E-state index in [9.17, 15) is 0 Å². The maximum absolute atomic E-state index is 5.81. The normalized spacial score (nSPS) is 10.6. The van der Waals surface area contributed by atoms with Gasteiger partial charge in [0, 0.05) is 10.4 Å². The van der Waals surface area contributed by atoms with Crippen molar-refractivity contribution in [2.24, 2.45) is 0 Å². The van der Waals surface area contributed by atoms with E-state index in [1.807, 2.05) is 31.2 Å². The van der Waals surface area contributed by atoms with Gasteiger partial charge in [0.15, 0.2) is 5.13 Å². The predicted molar refractivity (Wildman–Crippen MR) is 77.1 cm³/mol. The molecule has 4 heteroatoms. The number of rotatable bonds is 5. The minimum atomic E-state index is 0.641. The summed E-state index contributed by atoms with van der Waals surface area (Å²) in [7, 11) is 0. The second kappa shape index (κ2) is 5.87. The standard InChI is InChI=1S/C14H18N2OS/c1-3-5-12-13(16-14(15)18-12)10-6-8-11(9-7-10)17-4-2/h6-9H,3-5H2,1-2H3,(H2,15,16). The van der Waals surface area contributed by atoms with Crippen molar-refractivity contribution in [3.05, 3.63) is 29.1 Å². The number of hydrogen-bond donors (Lipinski definition) is 1. The summed E-state index contributed by atoms with van der Waals surface area (Å²) in [4.78, 5) is 5.69. The molecule has 18 heavy (non-hydrogen) atoms. The van der Waals surface area contributed by atoms with E-state index >= 15 is 0 Å². The van der Waals surface area contributed by atoms with Crippen molar-refractivity contribution in [2.75, 3.05) is 12.3 Å². The van der Waals surface area contributed by atoms with Crippen molar-refractivity contribution in [3.8, 4) is 17.0 Å². The third-order valence-corrected chi connectivity index (χ3v) is 3.57. The molecule has 0 radical (unpaired) electrons. The van der Waals surface area contributed by atoms with Crippen LogP contribution in [0, 0.1) is 0 Å². The smallest absolute Gasteiger partial charge is 0.180 e. The largest absolute Gasteiger partial charge is 0.494 e. The van der Waals surface area contributed by atoms with Gasteiger partial charge >= 0.3 is 0 Å². The molecule has 2 N–H and O–H groups in total. The van der Waals surface area contributed by atoms with Gasteiger partial charge in [0.05, 0.1) is 12.3 Å². The van der Waals surface area contributed by atoms with Crippen LogP contribution in [0.15, 0.2) is 24.3 Å². The molecular weight excluding hydrogens is 244 g/mol. The van der Waals surface area contributed by atoms with Crippen LogP contribution in [0.3, 0.4) is 0 Å². The summed E-state index contributed by atoms with van der Waals surface area (Å²) >= 11 is 1.58. The fourth-order valence-electron chi connectivity index (χ4n) is 1.87. The van der Waals surface area contributed by atoms with E-state index in [0.29, 0.717) is 11.7 Å². The van der Waals surface area contributed by atoms with Crippen molar-refractivity contribution in [2.45, 2.75) is 26.7 Å². The Morgan fingerprint density at radius 2 is 1.94 bits per heavy atom. The Balaban J connectivity index is 2.29. The van der Waals surface area contributed by atoms with Gasteiger partial charge in [0.25, 0.3) is 0 Å². The topological polar surface area (TPSA) is 48.1 Å². The Morgan fingerprint density at radius 3 is 2.56 bits per heavy atom. The van der Waals surface area contributed by atoms with Gasteiger partial charge in [0.2, 0.25) is 0 Å². The quantitative estimate of drug-likeness (QED) is 0.892. The van der Waals surface area contributed by atoms with Crippen LogP contribution in [0.25, 0.3) is 11.3 Å². The summed E-state index contributed by atoms with van der Waals surface area (Å²) in [5.41, 5.74) is 7.93. The molecule has 0 unspecified atom stereocenters. The van der Waals surface area contributed by atoms with Gasteiger partial charge in [-0.3, -0.25) is 0 Å². The lowest BCUT2D eigenvalue weighted by molar-refractivity contribution is 0.340. The Morgan fingerprint density at radius 1 is 1.22 bits per heavy atom. The van der Waals surface area contributed by atoms with Gasteiger partial charge in [-0.05, 0) is 37.6 Å². The minimum Gasteiger partial charge on any atom is -0.494 e. The second-order valence-electron chi connectivity index (χ2n) is 4.03. The number of anilines is 1. The zero-order valence-corrected chi connectivity index (χ0v) is 11.6. The summed E-state index contributed by atoms with van der Waals surface area (Å²) in [6.07, 6.45) is 2.13. The SMILES string of the molecule is CCCc1sc(N)nc1-c1ccc(OCC)cc1. The molecule has 0 aliphatic heterocycles. The number of thiazole rings is 1. The van der Waals surface area contributed by atoms with E-state index in [4.69, 9.17) is 10.5 Å². The summed E-state index contributed by atoms with van der Waals surface area (Å²) in [5, 5.41) is 0.641. The third kappa shape index (κ3) is 2.82. The van der Waals surface area contributed by atoms with Crippen LogP contribution >= 0.6 is 11.3 Å². The number of aryl methyl sites for hydroxylation is 1. The summed E-state index contributed by atoms with van der Waals surface area (Å²) < 4.78 is 5.44. The van der Waals surface area contributed by atoms with Gasteiger partial charge in [0.1, 0.15) is 5.75 Å². The molecule has 0 spiro atoms. The number of hydrogen-bond acceptors (Lipinski definition) is 4. The number of benzene rings is 1. The average Bonchev–Trinajstić information content (AvgIpc) is 2.72. The molecule has 0 amide bonds. The number of ether oxygens (including phenoxy) is 1. The molecule has 0 aliphatic rings. The highest BCUT2D eigenvalue weighted by molar-refractivity contribution is 7.15. The molecule has 1 aromatic heterocycles.